The summed E-state index contributed by atoms with van der Waals surface area (Å²) in [4.78, 5) is 11.8. The summed E-state index contributed by atoms with van der Waals surface area (Å²) in [5, 5.41) is 10.9. The quantitative estimate of drug-likeness (QED) is 0.924. The lowest BCUT2D eigenvalue weighted by molar-refractivity contribution is -0.115. The lowest BCUT2D eigenvalue weighted by atomic mass is 10.1. The number of hydrogen-bond acceptors (Lipinski definition) is 3. The van der Waals surface area contributed by atoms with Gasteiger partial charge in [0.25, 0.3) is 0 Å². The molecule has 2 rings (SSSR count). The first-order chi connectivity index (χ1) is 8.65. The van der Waals surface area contributed by atoms with E-state index in [4.69, 9.17) is 11.6 Å². The molecule has 0 aliphatic carbocycles. The largest absolute Gasteiger partial charge is 0.324 e. The number of anilines is 1. The Morgan fingerprint density at radius 3 is 2.83 bits per heavy atom. The van der Waals surface area contributed by atoms with Gasteiger partial charge in [-0.2, -0.15) is 10.2 Å². The fourth-order valence-corrected chi connectivity index (χ4v) is 1.75. The first-order valence-electron chi connectivity index (χ1n) is 5.47. The van der Waals surface area contributed by atoms with Crippen LogP contribution in [0.5, 0.6) is 0 Å². The number of halogens is 1. The molecular formula is C13H12ClN3O. The summed E-state index contributed by atoms with van der Waals surface area (Å²) < 4.78 is 0. The average molecular weight is 262 g/mol. The van der Waals surface area contributed by atoms with Gasteiger partial charge in [0, 0.05) is 5.02 Å². The van der Waals surface area contributed by atoms with Crippen molar-refractivity contribution < 1.29 is 4.79 Å². The van der Waals surface area contributed by atoms with Gasteiger partial charge in [0.1, 0.15) is 0 Å². The highest BCUT2D eigenvalue weighted by Crippen LogP contribution is 2.13. The third-order valence-electron chi connectivity index (χ3n) is 2.46. The molecule has 1 heterocycles. The Morgan fingerprint density at radius 1 is 1.33 bits per heavy atom. The number of benzene rings is 1. The van der Waals surface area contributed by atoms with Crippen LogP contribution in [0.2, 0.25) is 5.02 Å². The van der Waals surface area contributed by atoms with Gasteiger partial charge in [0.05, 0.1) is 24.5 Å². The van der Waals surface area contributed by atoms with Gasteiger partial charge >= 0.3 is 0 Å². The van der Waals surface area contributed by atoms with E-state index in [9.17, 15) is 4.79 Å². The monoisotopic (exact) mass is 261 g/mol. The van der Waals surface area contributed by atoms with Crippen LogP contribution in [0.25, 0.3) is 0 Å². The van der Waals surface area contributed by atoms with Crippen molar-refractivity contribution >= 4 is 23.2 Å². The van der Waals surface area contributed by atoms with Crippen LogP contribution in [0.1, 0.15) is 11.1 Å². The topological polar surface area (TPSA) is 54.9 Å². The molecule has 1 aromatic heterocycles. The van der Waals surface area contributed by atoms with E-state index >= 15 is 0 Å². The van der Waals surface area contributed by atoms with Crippen LogP contribution in [0.3, 0.4) is 0 Å². The maximum atomic E-state index is 11.8. The SMILES string of the molecule is Cc1cnncc1NC(=O)Cc1cccc(Cl)c1. The summed E-state index contributed by atoms with van der Waals surface area (Å²) in [5.74, 6) is -0.103. The fourth-order valence-electron chi connectivity index (χ4n) is 1.54. The Morgan fingerprint density at radius 2 is 2.11 bits per heavy atom. The van der Waals surface area contributed by atoms with Gasteiger partial charge in [-0.3, -0.25) is 4.79 Å². The van der Waals surface area contributed by atoms with E-state index in [1.54, 1.807) is 18.3 Å². The number of hydrogen-bond donors (Lipinski definition) is 1. The van der Waals surface area contributed by atoms with Gasteiger partial charge in [-0.25, -0.2) is 0 Å². The van der Waals surface area contributed by atoms with Crippen molar-refractivity contribution in [1.29, 1.82) is 0 Å². The fraction of sp³-hybridized carbons (Fsp3) is 0.154. The lowest BCUT2D eigenvalue weighted by Crippen LogP contribution is -2.15. The molecule has 0 spiro atoms. The summed E-state index contributed by atoms with van der Waals surface area (Å²) in [6.07, 6.45) is 3.42. The molecule has 0 unspecified atom stereocenters. The molecule has 0 atom stereocenters. The van der Waals surface area contributed by atoms with Crippen molar-refractivity contribution in [2.75, 3.05) is 5.32 Å². The minimum atomic E-state index is -0.103. The van der Waals surface area contributed by atoms with Crippen molar-refractivity contribution in [2.45, 2.75) is 13.3 Å². The molecule has 92 valence electrons. The highest BCUT2D eigenvalue weighted by atomic mass is 35.5. The second-order valence-electron chi connectivity index (χ2n) is 3.94. The molecule has 1 amide bonds. The average Bonchev–Trinajstić information content (AvgIpc) is 2.32. The standard InChI is InChI=1S/C13H12ClN3O/c1-9-7-15-16-8-12(9)17-13(18)6-10-3-2-4-11(14)5-10/h2-5,7-8H,6H2,1H3,(H,15,17,18). The Balaban J connectivity index is 2.03. The first-order valence-corrected chi connectivity index (χ1v) is 5.84. The maximum absolute atomic E-state index is 11.8. The van der Waals surface area contributed by atoms with E-state index in [0.29, 0.717) is 10.7 Å². The van der Waals surface area contributed by atoms with E-state index in [2.05, 4.69) is 15.5 Å². The highest BCUT2D eigenvalue weighted by Gasteiger charge is 2.06. The predicted octanol–water partition coefficient (Wildman–Crippen LogP) is 2.62. The number of carbonyl (C=O) groups is 1. The molecule has 0 radical (unpaired) electrons. The highest BCUT2D eigenvalue weighted by molar-refractivity contribution is 6.30. The summed E-state index contributed by atoms with van der Waals surface area (Å²) in [5.41, 5.74) is 2.43. The van der Waals surface area contributed by atoms with E-state index in [0.717, 1.165) is 11.1 Å². The molecule has 0 aliphatic rings. The van der Waals surface area contributed by atoms with Gasteiger partial charge in [-0.15, -0.1) is 0 Å². The number of aryl methyl sites for hydroxylation is 1. The molecule has 4 nitrogen and oxygen atoms in total. The molecule has 0 saturated heterocycles. The zero-order valence-corrected chi connectivity index (χ0v) is 10.6. The summed E-state index contributed by atoms with van der Waals surface area (Å²) in [6, 6.07) is 7.24. The van der Waals surface area contributed by atoms with Gasteiger partial charge in [-0.1, -0.05) is 23.7 Å². The van der Waals surface area contributed by atoms with Gasteiger partial charge < -0.3 is 5.32 Å². The Bertz CT molecular complexity index is 572. The van der Waals surface area contributed by atoms with Crippen LogP contribution in [0.4, 0.5) is 5.69 Å². The molecule has 1 N–H and O–H groups in total. The van der Waals surface area contributed by atoms with Crippen LogP contribution < -0.4 is 5.32 Å². The van der Waals surface area contributed by atoms with Crippen LogP contribution in [-0.4, -0.2) is 16.1 Å². The van der Waals surface area contributed by atoms with E-state index < -0.39 is 0 Å². The van der Waals surface area contributed by atoms with Gasteiger partial charge in [-0.05, 0) is 30.2 Å². The number of carbonyl (C=O) groups excluding carboxylic acids is 1. The first kappa shape index (κ1) is 12.5. The zero-order chi connectivity index (χ0) is 13.0. The Labute approximate surface area is 110 Å². The van der Waals surface area contributed by atoms with Crippen LogP contribution in [-0.2, 0) is 11.2 Å². The van der Waals surface area contributed by atoms with Crippen molar-refractivity contribution in [1.82, 2.24) is 10.2 Å². The third-order valence-corrected chi connectivity index (χ3v) is 2.69. The van der Waals surface area contributed by atoms with Crippen molar-refractivity contribution in [2.24, 2.45) is 0 Å². The number of nitrogens with one attached hydrogen (secondary N) is 1. The number of amides is 1. The third kappa shape index (κ3) is 3.28. The van der Waals surface area contributed by atoms with Crippen LogP contribution in [0, 0.1) is 6.92 Å². The number of rotatable bonds is 3. The van der Waals surface area contributed by atoms with E-state index in [1.165, 1.54) is 6.20 Å². The minimum Gasteiger partial charge on any atom is -0.324 e. The smallest absolute Gasteiger partial charge is 0.228 e. The van der Waals surface area contributed by atoms with E-state index in [-0.39, 0.29) is 12.3 Å². The van der Waals surface area contributed by atoms with Crippen LogP contribution >= 0.6 is 11.6 Å². The maximum Gasteiger partial charge on any atom is 0.228 e. The number of nitrogens with zero attached hydrogens (tertiary/aromatic N) is 2. The Hall–Kier alpha value is -1.94. The molecule has 0 saturated carbocycles. The van der Waals surface area contributed by atoms with E-state index in [1.807, 2.05) is 19.1 Å². The number of aromatic nitrogens is 2. The molecule has 0 aliphatic heterocycles. The lowest BCUT2D eigenvalue weighted by Gasteiger charge is -2.07. The van der Waals surface area contributed by atoms with Crippen molar-refractivity contribution in [3.63, 3.8) is 0 Å². The summed E-state index contributed by atoms with van der Waals surface area (Å²) in [6.45, 7) is 1.86. The van der Waals surface area contributed by atoms with Gasteiger partial charge in [0.15, 0.2) is 0 Å². The molecule has 0 fully saturated rings. The molecule has 2 aromatic rings. The summed E-state index contributed by atoms with van der Waals surface area (Å²) >= 11 is 5.86. The molecule has 18 heavy (non-hydrogen) atoms. The minimum absolute atomic E-state index is 0.103. The molecular weight excluding hydrogens is 250 g/mol. The van der Waals surface area contributed by atoms with Gasteiger partial charge in [0.2, 0.25) is 5.91 Å². The van der Waals surface area contributed by atoms with Crippen molar-refractivity contribution in [3.05, 3.63) is 52.8 Å². The predicted molar refractivity (Wildman–Crippen MR) is 70.6 cm³/mol. The Kier molecular flexibility index (Phi) is 3.89. The zero-order valence-electron chi connectivity index (χ0n) is 9.85. The summed E-state index contributed by atoms with van der Waals surface area (Å²) in [7, 11) is 0. The second kappa shape index (κ2) is 5.60. The molecule has 5 heteroatoms. The molecule has 1 aromatic carbocycles. The molecule has 0 bridgehead atoms. The van der Waals surface area contributed by atoms with Crippen molar-refractivity contribution in [3.8, 4) is 0 Å². The second-order valence-corrected chi connectivity index (χ2v) is 4.38. The van der Waals surface area contributed by atoms with Crippen LogP contribution in [0.15, 0.2) is 36.7 Å². The normalized spacial score (nSPS) is 10.1.